The summed E-state index contributed by atoms with van der Waals surface area (Å²) in [5.41, 5.74) is 2.25. The monoisotopic (exact) mass is 332 g/mol. The average molecular weight is 333 g/mol. The minimum absolute atomic E-state index is 0.605. The van der Waals surface area contributed by atoms with Gasteiger partial charge in [0, 0.05) is 44.5 Å². The van der Waals surface area contributed by atoms with Crippen molar-refractivity contribution in [3.8, 4) is 5.88 Å². The zero-order valence-electron chi connectivity index (χ0n) is 13.6. The summed E-state index contributed by atoms with van der Waals surface area (Å²) in [7, 11) is 5.38. The Morgan fingerprint density at radius 1 is 1.26 bits per heavy atom. The molecule has 6 heteroatoms. The maximum atomic E-state index is 5.92. The van der Waals surface area contributed by atoms with Crippen molar-refractivity contribution in [2.24, 2.45) is 4.99 Å². The molecule has 1 aromatic carbocycles. The van der Waals surface area contributed by atoms with E-state index in [1.54, 1.807) is 20.4 Å². The molecule has 23 heavy (non-hydrogen) atoms. The summed E-state index contributed by atoms with van der Waals surface area (Å²) in [5, 5.41) is 4.08. The van der Waals surface area contributed by atoms with Crippen molar-refractivity contribution in [2.75, 3.05) is 21.2 Å². The Hall–Kier alpha value is -2.27. The van der Waals surface area contributed by atoms with Gasteiger partial charge in [0.2, 0.25) is 5.88 Å². The van der Waals surface area contributed by atoms with Gasteiger partial charge in [0.05, 0.1) is 7.11 Å². The van der Waals surface area contributed by atoms with Gasteiger partial charge >= 0.3 is 0 Å². The van der Waals surface area contributed by atoms with E-state index in [2.05, 4.69) is 20.2 Å². The highest BCUT2D eigenvalue weighted by Gasteiger charge is 2.07. The zero-order valence-corrected chi connectivity index (χ0v) is 14.3. The molecule has 0 amide bonds. The second kappa shape index (κ2) is 8.39. The first kappa shape index (κ1) is 17.1. The molecule has 2 rings (SSSR count). The molecule has 0 atom stereocenters. The number of halogens is 1. The second-order valence-corrected chi connectivity index (χ2v) is 5.53. The minimum atomic E-state index is 0.605. The van der Waals surface area contributed by atoms with E-state index in [1.807, 2.05) is 43.4 Å². The van der Waals surface area contributed by atoms with Crippen LogP contribution in [0.1, 0.15) is 11.1 Å². The fourth-order valence-electron chi connectivity index (χ4n) is 2.18. The molecule has 0 bridgehead atoms. The highest BCUT2D eigenvalue weighted by molar-refractivity contribution is 6.30. The molecule has 5 nitrogen and oxygen atoms in total. The summed E-state index contributed by atoms with van der Waals surface area (Å²) in [4.78, 5) is 10.5. The highest BCUT2D eigenvalue weighted by Crippen LogP contribution is 2.11. The van der Waals surface area contributed by atoms with Crippen LogP contribution in [0.25, 0.3) is 0 Å². The van der Waals surface area contributed by atoms with Gasteiger partial charge in [-0.05, 0) is 29.3 Å². The van der Waals surface area contributed by atoms with Crippen LogP contribution in [0.3, 0.4) is 0 Å². The van der Waals surface area contributed by atoms with E-state index in [0.29, 0.717) is 12.4 Å². The number of pyridine rings is 1. The van der Waals surface area contributed by atoms with Gasteiger partial charge in [0.1, 0.15) is 0 Å². The van der Waals surface area contributed by atoms with E-state index in [4.69, 9.17) is 16.3 Å². The molecule has 1 heterocycles. The van der Waals surface area contributed by atoms with E-state index in [9.17, 15) is 0 Å². The number of hydrogen-bond donors (Lipinski definition) is 1. The van der Waals surface area contributed by atoms with Crippen molar-refractivity contribution in [1.82, 2.24) is 15.2 Å². The normalized spacial score (nSPS) is 11.2. The number of aromatic nitrogens is 1. The molecule has 0 fully saturated rings. The van der Waals surface area contributed by atoms with Crippen molar-refractivity contribution in [3.05, 3.63) is 58.7 Å². The number of benzene rings is 1. The molecule has 0 saturated heterocycles. The fraction of sp³-hybridized carbons (Fsp3) is 0.294. The Labute approximate surface area is 142 Å². The van der Waals surface area contributed by atoms with Crippen LogP contribution in [0.2, 0.25) is 5.02 Å². The van der Waals surface area contributed by atoms with Crippen LogP contribution < -0.4 is 10.1 Å². The highest BCUT2D eigenvalue weighted by atomic mass is 35.5. The van der Waals surface area contributed by atoms with Crippen molar-refractivity contribution >= 4 is 17.6 Å². The molecule has 0 unspecified atom stereocenters. The summed E-state index contributed by atoms with van der Waals surface area (Å²) in [6, 6.07) is 11.7. The summed E-state index contributed by atoms with van der Waals surface area (Å²) in [5.74, 6) is 1.42. The molecule has 0 spiro atoms. The molecule has 1 N–H and O–H groups in total. The van der Waals surface area contributed by atoms with Crippen LogP contribution in [0.15, 0.2) is 47.6 Å². The van der Waals surface area contributed by atoms with Gasteiger partial charge in [-0.25, -0.2) is 4.98 Å². The molecular formula is C17H21ClN4O. The van der Waals surface area contributed by atoms with Gasteiger partial charge in [-0.15, -0.1) is 0 Å². The maximum Gasteiger partial charge on any atom is 0.213 e. The Morgan fingerprint density at radius 3 is 2.65 bits per heavy atom. The third kappa shape index (κ3) is 5.14. The van der Waals surface area contributed by atoms with Crippen molar-refractivity contribution in [2.45, 2.75) is 13.1 Å². The lowest BCUT2D eigenvalue weighted by molar-refractivity contribution is 0.397. The summed E-state index contributed by atoms with van der Waals surface area (Å²) in [6.45, 7) is 1.40. The van der Waals surface area contributed by atoms with Crippen LogP contribution in [-0.4, -0.2) is 37.0 Å². The maximum absolute atomic E-state index is 5.92. The number of rotatable bonds is 5. The lowest BCUT2D eigenvalue weighted by atomic mass is 10.2. The first-order valence-corrected chi connectivity index (χ1v) is 7.65. The molecule has 0 aliphatic rings. The third-order valence-corrected chi connectivity index (χ3v) is 3.62. The largest absolute Gasteiger partial charge is 0.481 e. The van der Waals surface area contributed by atoms with Gasteiger partial charge in [-0.3, -0.25) is 4.99 Å². The summed E-state index contributed by atoms with van der Waals surface area (Å²) in [6.07, 6.45) is 1.73. The van der Waals surface area contributed by atoms with Crippen LogP contribution in [0.4, 0.5) is 0 Å². The Bertz CT molecular complexity index is 658. The van der Waals surface area contributed by atoms with Gasteiger partial charge < -0.3 is 15.0 Å². The van der Waals surface area contributed by atoms with E-state index in [1.165, 1.54) is 5.56 Å². The number of guanidine groups is 1. The Kier molecular flexibility index (Phi) is 6.23. The number of nitrogens with one attached hydrogen (secondary N) is 1. The van der Waals surface area contributed by atoms with E-state index >= 15 is 0 Å². The topological polar surface area (TPSA) is 49.8 Å². The quantitative estimate of drug-likeness (QED) is 0.675. The average Bonchev–Trinajstić information content (AvgIpc) is 2.57. The van der Waals surface area contributed by atoms with E-state index < -0.39 is 0 Å². The molecule has 122 valence electrons. The smallest absolute Gasteiger partial charge is 0.213 e. The summed E-state index contributed by atoms with van der Waals surface area (Å²) < 4.78 is 5.13. The molecule has 0 aliphatic carbocycles. The molecule has 0 aliphatic heterocycles. The second-order valence-electron chi connectivity index (χ2n) is 5.09. The van der Waals surface area contributed by atoms with Crippen LogP contribution in [0, 0.1) is 0 Å². The first-order valence-electron chi connectivity index (χ1n) is 7.27. The standard InChI is InChI=1S/C17H21ClN4O/c1-19-17(21-11-14-8-9-20-16(10-14)23-3)22(2)12-13-4-6-15(18)7-5-13/h4-10H,11-12H2,1-3H3,(H,19,21). The van der Waals surface area contributed by atoms with Gasteiger partial charge in [0.15, 0.2) is 5.96 Å². The number of methoxy groups -OCH3 is 1. The molecule has 0 radical (unpaired) electrons. The van der Waals surface area contributed by atoms with Crippen molar-refractivity contribution in [1.29, 1.82) is 0 Å². The van der Waals surface area contributed by atoms with Gasteiger partial charge in [-0.1, -0.05) is 23.7 Å². The van der Waals surface area contributed by atoms with Crippen LogP contribution in [0.5, 0.6) is 5.88 Å². The van der Waals surface area contributed by atoms with E-state index in [0.717, 1.165) is 23.1 Å². The Morgan fingerprint density at radius 2 is 2.00 bits per heavy atom. The van der Waals surface area contributed by atoms with Gasteiger partial charge in [-0.2, -0.15) is 0 Å². The predicted molar refractivity (Wildman–Crippen MR) is 93.9 cm³/mol. The zero-order chi connectivity index (χ0) is 16.7. The lowest BCUT2D eigenvalue weighted by Crippen LogP contribution is -2.38. The summed E-state index contributed by atoms with van der Waals surface area (Å²) >= 11 is 5.92. The molecular weight excluding hydrogens is 312 g/mol. The number of ether oxygens (including phenoxy) is 1. The molecule has 0 saturated carbocycles. The minimum Gasteiger partial charge on any atom is -0.481 e. The van der Waals surface area contributed by atoms with E-state index in [-0.39, 0.29) is 0 Å². The molecule has 1 aromatic heterocycles. The molecule has 2 aromatic rings. The number of aliphatic imine (C=N–C) groups is 1. The lowest BCUT2D eigenvalue weighted by Gasteiger charge is -2.22. The van der Waals surface area contributed by atoms with Crippen LogP contribution >= 0.6 is 11.6 Å². The fourth-order valence-corrected chi connectivity index (χ4v) is 2.30. The first-order chi connectivity index (χ1) is 11.1. The number of nitrogens with zero attached hydrogens (tertiary/aromatic N) is 3. The van der Waals surface area contributed by atoms with Crippen LogP contribution in [-0.2, 0) is 13.1 Å². The van der Waals surface area contributed by atoms with Crippen molar-refractivity contribution < 1.29 is 4.74 Å². The van der Waals surface area contributed by atoms with Crippen molar-refractivity contribution in [3.63, 3.8) is 0 Å². The Balaban J connectivity index is 1.95. The third-order valence-electron chi connectivity index (χ3n) is 3.37. The van der Waals surface area contributed by atoms with Gasteiger partial charge in [0.25, 0.3) is 0 Å². The SMILES string of the molecule is CN=C(NCc1ccnc(OC)c1)N(C)Cc1ccc(Cl)cc1. The predicted octanol–water partition coefficient (Wildman–Crippen LogP) is 2.95. The number of hydrogen-bond acceptors (Lipinski definition) is 3.